The van der Waals surface area contributed by atoms with E-state index in [1.807, 2.05) is 4.72 Å². The first-order valence-corrected chi connectivity index (χ1v) is 7.28. The number of hydrogen-bond donors (Lipinski definition) is 1. The van der Waals surface area contributed by atoms with Gasteiger partial charge in [0.15, 0.2) is 5.82 Å². The molecule has 0 aromatic heterocycles. The monoisotopic (exact) mass is 309 g/mol. The molecule has 0 aliphatic carbocycles. The van der Waals surface area contributed by atoms with Gasteiger partial charge >= 0.3 is 5.97 Å². The Morgan fingerprint density at radius 1 is 1.53 bits per heavy atom. The van der Waals surface area contributed by atoms with Crippen molar-refractivity contribution in [3.8, 4) is 0 Å². The number of esters is 1. The predicted molar refractivity (Wildman–Crippen MR) is 67.8 cm³/mol. The standard InChI is InChI=1S/C11H13ClFNO4S/c1-3-18-11(15)7(2)14-19(16,17)9-6-4-5-8(12)10(9)13/h4-7,14H,3H2,1-2H3. The minimum Gasteiger partial charge on any atom is -0.465 e. The van der Waals surface area contributed by atoms with Crippen LogP contribution in [0.15, 0.2) is 23.1 Å². The number of ether oxygens (including phenoxy) is 1. The maximum atomic E-state index is 13.6. The van der Waals surface area contributed by atoms with E-state index in [4.69, 9.17) is 11.6 Å². The van der Waals surface area contributed by atoms with Crippen molar-refractivity contribution in [2.24, 2.45) is 0 Å². The first-order chi connectivity index (χ1) is 8.79. The summed E-state index contributed by atoms with van der Waals surface area (Å²) >= 11 is 5.51. The molecule has 0 aliphatic heterocycles. The fourth-order valence-electron chi connectivity index (χ4n) is 1.30. The number of rotatable bonds is 5. The third-order valence-electron chi connectivity index (χ3n) is 2.18. The number of carbonyl (C=O) groups excluding carboxylic acids is 1. The lowest BCUT2D eigenvalue weighted by molar-refractivity contribution is -0.144. The number of nitrogens with one attached hydrogen (secondary N) is 1. The van der Waals surface area contributed by atoms with Crippen LogP contribution in [0.1, 0.15) is 13.8 Å². The van der Waals surface area contributed by atoms with Crippen LogP contribution >= 0.6 is 11.6 Å². The molecule has 1 N–H and O–H groups in total. The van der Waals surface area contributed by atoms with Crippen molar-refractivity contribution in [2.45, 2.75) is 24.8 Å². The van der Waals surface area contributed by atoms with E-state index in [-0.39, 0.29) is 11.6 Å². The van der Waals surface area contributed by atoms with E-state index < -0.39 is 32.7 Å². The summed E-state index contributed by atoms with van der Waals surface area (Å²) in [4.78, 5) is 10.7. The maximum Gasteiger partial charge on any atom is 0.323 e. The molecule has 8 heteroatoms. The van der Waals surface area contributed by atoms with E-state index in [0.29, 0.717) is 0 Å². The van der Waals surface area contributed by atoms with Crippen molar-refractivity contribution in [3.05, 3.63) is 29.0 Å². The van der Waals surface area contributed by atoms with E-state index >= 15 is 0 Å². The van der Waals surface area contributed by atoms with Gasteiger partial charge in [-0.1, -0.05) is 17.7 Å². The summed E-state index contributed by atoms with van der Waals surface area (Å²) in [5, 5.41) is -0.313. The lowest BCUT2D eigenvalue weighted by Gasteiger charge is -2.13. The fourth-order valence-corrected chi connectivity index (χ4v) is 2.83. The second-order valence-corrected chi connectivity index (χ2v) is 5.74. The van der Waals surface area contributed by atoms with Crippen LogP contribution in [0, 0.1) is 5.82 Å². The number of halogens is 2. The molecule has 1 atom stereocenters. The van der Waals surface area contributed by atoms with Gasteiger partial charge in [-0.3, -0.25) is 4.79 Å². The SMILES string of the molecule is CCOC(=O)C(C)NS(=O)(=O)c1cccc(Cl)c1F. The number of sulfonamides is 1. The van der Waals surface area contributed by atoms with Crippen LogP contribution in [0.2, 0.25) is 5.02 Å². The van der Waals surface area contributed by atoms with Gasteiger partial charge in [0, 0.05) is 0 Å². The van der Waals surface area contributed by atoms with Crippen molar-refractivity contribution in [1.29, 1.82) is 0 Å². The zero-order valence-electron chi connectivity index (χ0n) is 10.3. The number of hydrogen-bond acceptors (Lipinski definition) is 4. The summed E-state index contributed by atoms with van der Waals surface area (Å²) in [5.41, 5.74) is 0. The molecular formula is C11H13ClFNO4S. The van der Waals surface area contributed by atoms with Crippen molar-refractivity contribution < 1.29 is 22.3 Å². The van der Waals surface area contributed by atoms with Crippen LogP contribution in [0.4, 0.5) is 4.39 Å². The van der Waals surface area contributed by atoms with Crippen LogP contribution in [-0.2, 0) is 19.6 Å². The van der Waals surface area contributed by atoms with Crippen LogP contribution in [0.25, 0.3) is 0 Å². The topological polar surface area (TPSA) is 72.5 Å². The summed E-state index contributed by atoms with van der Waals surface area (Å²) < 4.78 is 44.1. The highest BCUT2D eigenvalue weighted by molar-refractivity contribution is 7.89. The van der Waals surface area contributed by atoms with E-state index in [2.05, 4.69) is 4.74 Å². The summed E-state index contributed by atoms with van der Waals surface area (Å²) in [7, 11) is -4.19. The molecule has 106 valence electrons. The molecule has 0 radical (unpaired) electrons. The number of carbonyl (C=O) groups is 1. The van der Waals surface area contributed by atoms with Crippen molar-refractivity contribution in [1.82, 2.24) is 4.72 Å². The molecule has 0 fully saturated rings. The molecule has 19 heavy (non-hydrogen) atoms. The van der Waals surface area contributed by atoms with Gasteiger partial charge in [0.25, 0.3) is 0 Å². The lowest BCUT2D eigenvalue weighted by Crippen LogP contribution is -2.39. The Bertz CT molecular complexity index is 576. The Balaban J connectivity index is 2.99. The largest absolute Gasteiger partial charge is 0.465 e. The number of benzene rings is 1. The van der Waals surface area contributed by atoms with Gasteiger partial charge in [-0.05, 0) is 26.0 Å². The zero-order chi connectivity index (χ0) is 14.6. The highest BCUT2D eigenvalue weighted by Crippen LogP contribution is 2.21. The Hall–Kier alpha value is -1.18. The van der Waals surface area contributed by atoms with Crippen LogP contribution in [0.3, 0.4) is 0 Å². The first-order valence-electron chi connectivity index (χ1n) is 5.42. The van der Waals surface area contributed by atoms with Crippen LogP contribution < -0.4 is 4.72 Å². The average Bonchev–Trinajstić information content (AvgIpc) is 2.32. The quantitative estimate of drug-likeness (QED) is 0.840. The minimum atomic E-state index is -4.19. The molecule has 0 amide bonds. The van der Waals surface area contributed by atoms with Crippen molar-refractivity contribution in [2.75, 3.05) is 6.61 Å². The van der Waals surface area contributed by atoms with Crippen LogP contribution in [-0.4, -0.2) is 27.0 Å². The highest BCUT2D eigenvalue weighted by Gasteiger charge is 2.26. The van der Waals surface area contributed by atoms with Gasteiger partial charge in [-0.15, -0.1) is 0 Å². The average molecular weight is 310 g/mol. The Labute approximate surface area is 115 Å². The normalized spacial score (nSPS) is 13.1. The third kappa shape index (κ3) is 3.89. The molecular weight excluding hydrogens is 297 g/mol. The van der Waals surface area contributed by atoms with Crippen molar-refractivity contribution >= 4 is 27.6 Å². The first kappa shape index (κ1) is 15.9. The predicted octanol–water partition coefficient (Wildman–Crippen LogP) is 1.71. The Morgan fingerprint density at radius 2 is 2.16 bits per heavy atom. The molecule has 0 saturated heterocycles. The summed E-state index contributed by atoms with van der Waals surface area (Å²) in [6, 6.07) is 2.46. The second kappa shape index (κ2) is 6.31. The van der Waals surface area contributed by atoms with Gasteiger partial charge < -0.3 is 4.74 Å². The second-order valence-electron chi connectivity index (χ2n) is 3.65. The highest BCUT2D eigenvalue weighted by atomic mass is 35.5. The Kier molecular flexibility index (Phi) is 5.28. The summed E-state index contributed by atoms with van der Waals surface area (Å²) in [6.45, 7) is 3.02. The molecule has 0 heterocycles. The van der Waals surface area contributed by atoms with E-state index in [1.54, 1.807) is 6.92 Å². The summed E-state index contributed by atoms with van der Waals surface area (Å²) in [5.74, 6) is -1.80. The van der Waals surface area contributed by atoms with Gasteiger partial charge in [0.2, 0.25) is 10.0 Å². The molecule has 0 aliphatic rings. The molecule has 0 bridgehead atoms. The third-order valence-corrected chi connectivity index (χ3v) is 4.03. The smallest absolute Gasteiger partial charge is 0.323 e. The molecule has 5 nitrogen and oxygen atoms in total. The van der Waals surface area contributed by atoms with E-state index in [1.165, 1.54) is 19.1 Å². The van der Waals surface area contributed by atoms with Gasteiger partial charge in [0.05, 0.1) is 11.6 Å². The molecule has 1 rings (SSSR count). The fraction of sp³-hybridized carbons (Fsp3) is 0.364. The van der Waals surface area contributed by atoms with Gasteiger partial charge in [0.1, 0.15) is 10.9 Å². The van der Waals surface area contributed by atoms with E-state index in [9.17, 15) is 17.6 Å². The zero-order valence-corrected chi connectivity index (χ0v) is 11.9. The molecule has 1 aromatic rings. The van der Waals surface area contributed by atoms with Crippen molar-refractivity contribution in [3.63, 3.8) is 0 Å². The molecule has 1 unspecified atom stereocenters. The lowest BCUT2D eigenvalue weighted by atomic mass is 10.3. The maximum absolute atomic E-state index is 13.6. The summed E-state index contributed by atoms with van der Waals surface area (Å²) in [6.07, 6.45) is 0. The van der Waals surface area contributed by atoms with E-state index in [0.717, 1.165) is 6.07 Å². The van der Waals surface area contributed by atoms with Gasteiger partial charge in [-0.25, -0.2) is 12.8 Å². The molecule has 0 spiro atoms. The minimum absolute atomic E-state index is 0.121. The molecule has 1 aromatic carbocycles. The van der Waals surface area contributed by atoms with Gasteiger partial charge in [-0.2, -0.15) is 4.72 Å². The molecule has 0 saturated carbocycles. The Morgan fingerprint density at radius 3 is 2.74 bits per heavy atom. The van der Waals surface area contributed by atoms with Crippen LogP contribution in [0.5, 0.6) is 0 Å².